The third kappa shape index (κ3) is 2.41. The van der Waals surface area contributed by atoms with Crippen molar-refractivity contribution >= 4 is 21.2 Å². The van der Waals surface area contributed by atoms with Crippen LogP contribution in [-0.2, 0) is 23.2 Å². The molecule has 0 atom stereocenters. The molecule has 0 saturated heterocycles. The Hall–Kier alpha value is -1.66. The van der Waals surface area contributed by atoms with E-state index in [1.54, 1.807) is 12.3 Å². The minimum absolute atomic E-state index is 0.112. The first kappa shape index (κ1) is 12.4. The summed E-state index contributed by atoms with van der Waals surface area (Å²) >= 11 is 0. The van der Waals surface area contributed by atoms with E-state index in [4.69, 9.17) is 4.55 Å². The zero-order valence-electron chi connectivity index (χ0n) is 10.2. The number of rotatable bonds is 2. The lowest BCUT2D eigenvalue weighted by Crippen LogP contribution is -2.09. The highest BCUT2D eigenvalue weighted by Crippen LogP contribution is 2.32. The van der Waals surface area contributed by atoms with Gasteiger partial charge in [-0.25, -0.2) is 0 Å². The summed E-state index contributed by atoms with van der Waals surface area (Å²) in [5.41, 5.74) is 2.23. The van der Waals surface area contributed by atoms with Gasteiger partial charge in [0.15, 0.2) is 5.75 Å². The van der Waals surface area contributed by atoms with Crippen LogP contribution in [0.25, 0.3) is 10.8 Å². The molecule has 0 unspecified atom stereocenters. The van der Waals surface area contributed by atoms with Crippen LogP contribution < -0.4 is 4.18 Å². The third-order valence-corrected chi connectivity index (χ3v) is 3.76. The van der Waals surface area contributed by atoms with E-state index in [-0.39, 0.29) is 5.75 Å². The van der Waals surface area contributed by atoms with Gasteiger partial charge in [0.2, 0.25) is 0 Å². The first-order valence-electron chi connectivity index (χ1n) is 6.11. The van der Waals surface area contributed by atoms with Gasteiger partial charge in [0.05, 0.1) is 0 Å². The minimum Gasteiger partial charge on any atom is -0.361 e. The van der Waals surface area contributed by atoms with E-state index in [1.807, 2.05) is 6.07 Å². The Morgan fingerprint density at radius 2 is 1.95 bits per heavy atom. The number of hydrogen-bond acceptors (Lipinski definition) is 4. The van der Waals surface area contributed by atoms with Gasteiger partial charge < -0.3 is 4.18 Å². The fourth-order valence-electron chi connectivity index (χ4n) is 2.59. The second-order valence-corrected chi connectivity index (χ2v) is 5.64. The SMILES string of the molecule is O=S(=O)(O)Oc1cccc2c3c(ncc12)CCCC3. The van der Waals surface area contributed by atoms with E-state index in [2.05, 4.69) is 9.17 Å². The molecule has 0 spiro atoms. The summed E-state index contributed by atoms with van der Waals surface area (Å²) in [5, 5.41) is 1.56. The molecule has 1 aliphatic carbocycles. The molecule has 100 valence electrons. The van der Waals surface area contributed by atoms with Crippen molar-refractivity contribution in [1.82, 2.24) is 4.98 Å². The first-order chi connectivity index (χ1) is 9.04. The van der Waals surface area contributed by atoms with Crippen LogP contribution in [0.2, 0.25) is 0 Å². The van der Waals surface area contributed by atoms with Crippen molar-refractivity contribution in [3.8, 4) is 5.75 Å². The standard InChI is InChI=1S/C13H13NO4S/c15-19(16,17)18-13-7-3-5-9-10-4-1-2-6-12(10)14-8-11(9)13/h3,5,7-8H,1-2,4,6H2,(H,15,16,17). The van der Waals surface area contributed by atoms with Crippen molar-refractivity contribution in [1.29, 1.82) is 0 Å². The van der Waals surface area contributed by atoms with Crippen molar-refractivity contribution in [3.05, 3.63) is 35.7 Å². The zero-order valence-corrected chi connectivity index (χ0v) is 11.0. The fourth-order valence-corrected chi connectivity index (χ4v) is 2.96. The first-order valence-corrected chi connectivity index (χ1v) is 7.47. The van der Waals surface area contributed by atoms with E-state index >= 15 is 0 Å². The molecule has 2 aromatic rings. The van der Waals surface area contributed by atoms with Gasteiger partial charge >= 0.3 is 10.4 Å². The van der Waals surface area contributed by atoms with Crippen molar-refractivity contribution in [3.63, 3.8) is 0 Å². The van der Waals surface area contributed by atoms with Gasteiger partial charge in [-0.1, -0.05) is 12.1 Å². The van der Waals surface area contributed by atoms with Crippen molar-refractivity contribution < 1.29 is 17.2 Å². The molecule has 1 aromatic heterocycles. The van der Waals surface area contributed by atoms with Crippen LogP contribution in [0.15, 0.2) is 24.4 Å². The average molecular weight is 279 g/mol. The van der Waals surface area contributed by atoms with Crippen LogP contribution in [0, 0.1) is 0 Å². The second kappa shape index (κ2) is 4.47. The number of hydrogen-bond donors (Lipinski definition) is 1. The lowest BCUT2D eigenvalue weighted by molar-refractivity contribution is 0.388. The summed E-state index contributed by atoms with van der Waals surface area (Å²) in [4.78, 5) is 4.38. The van der Waals surface area contributed by atoms with Gasteiger partial charge in [0.25, 0.3) is 0 Å². The van der Waals surface area contributed by atoms with E-state index in [9.17, 15) is 8.42 Å². The molecule has 1 aromatic carbocycles. The number of aryl methyl sites for hydroxylation is 2. The van der Waals surface area contributed by atoms with Crippen LogP contribution in [0.3, 0.4) is 0 Å². The molecule has 0 radical (unpaired) electrons. The molecule has 0 saturated carbocycles. The largest absolute Gasteiger partial charge is 0.446 e. The van der Waals surface area contributed by atoms with E-state index < -0.39 is 10.4 Å². The summed E-state index contributed by atoms with van der Waals surface area (Å²) in [5.74, 6) is 0.112. The van der Waals surface area contributed by atoms with Gasteiger partial charge in [-0.15, -0.1) is 0 Å². The smallest absolute Gasteiger partial charge is 0.361 e. The van der Waals surface area contributed by atoms with Gasteiger partial charge in [0.1, 0.15) is 0 Å². The molecule has 1 aliphatic rings. The van der Waals surface area contributed by atoms with E-state index in [1.165, 1.54) is 6.07 Å². The van der Waals surface area contributed by atoms with Gasteiger partial charge in [-0.2, -0.15) is 8.42 Å². The highest BCUT2D eigenvalue weighted by Gasteiger charge is 2.17. The van der Waals surface area contributed by atoms with Gasteiger partial charge in [-0.05, 0) is 42.7 Å². The highest BCUT2D eigenvalue weighted by atomic mass is 32.3. The maximum absolute atomic E-state index is 10.8. The number of fused-ring (bicyclic) bond motifs is 3. The lowest BCUT2D eigenvalue weighted by atomic mass is 9.92. The predicted octanol–water partition coefficient (Wildman–Crippen LogP) is 2.30. The maximum Gasteiger partial charge on any atom is 0.446 e. The molecule has 3 rings (SSSR count). The van der Waals surface area contributed by atoms with Gasteiger partial charge in [-0.3, -0.25) is 9.54 Å². The van der Waals surface area contributed by atoms with Crippen LogP contribution in [0.5, 0.6) is 5.75 Å². The summed E-state index contributed by atoms with van der Waals surface area (Å²) in [6.07, 6.45) is 5.74. The second-order valence-electron chi connectivity index (χ2n) is 4.62. The van der Waals surface area contributed by atoms with E-state index in [0.717, 1.165) is 42.3 Å². The van der Waals surface area contributed by atoms with Crippen molar-refractivity contribution in [2.75, 3.05) is 0 Å². The minimum atomic E-state index is -4.52. The quantitative estimate of drug-likeness (QED) is 0.853. The molecule has 1 heterocycles. The molecule has 0 aliphatic heterocycles. The number of nitrogens with zero attached hydrogens (tertiary/aromatic N) is 1. The molecule has 19 heavy (non-hydrogen) atoms. The molecular formula is C13H13NO4S. The van der Waals surface area contributed by atoms with E-state index in [0.29, 0.717) is 5.39 Å². The van der Waals surface area contributed by atoms with Crippen LogP contribution in [-0.4, -0.2) is 18.0 Å². The monoisotopic (exact) mass is 279 g/mol. The molecule has 5 nitrogen and oxygen atoms in total. The summed E-state index contributed by atoms with van der Waals surface area (Å²) in [6.45, 7) is 0. The zero-order chi connectivity index (χ0) is 13.5. The Bertz CT molecular complexity index is 740. The van der Waals surface area contributed by atoms with Crippen LogP contribution in [0.1, 0.15) is 24.1 Å². The summed E-state index contributed by atoms with van der Waals surface area (Å²) < 4.78 is 35.1. The van der Waals surface area contributed by atoms with Gasteiger partial charge in [0, 0.05) is 17.3 Å². The number of pyridine rings is 1. The lowest BCUT2D eigenvalue weighted by Gasteiger charge is -2.17. The Balaban J connectivity index is 2.21. The Morgan fingerprint density at radius 1 is 1.16 bits per heavy atom. The predicted molar refractivity (Wildman–Crippen MR) is 70.6 cm³/mol. The van der Waals surface area contributed by atoms with Crippen molar-refractivity contribution in [2.45, 2.75) is 25.7 Å². The normalized spacial score (nSPS) is 15.2. The Kier molecular flexibility index (Phi) is 2.91. The third-order valence-electron chi connectivity index (χ3n) is 3.37. The maximum atomic E-state index is 10.8. The molecule has 1 N–H and O–H groups in total. The molecular weight excluding hydrogens is 266 g/mol. The Labute approximate surface area is 111 Å². The molecule has 0 fully saturated rings. The summed E-state index contributed by atoms with van der Waals surface area (Å²) in [6, 6.07) is 5.16. The van der Waals surface area contributed by atoms with Crippen LogP contribution >= 0.6 is 0 Å². The molecule has 6 heteroatoms. The Morgan fingerprint density at radius 3 is 2.74 bits per heavy atom. The average Bonchev–Trinajstić information content (AvgIpc) is 2.37. The molecule has 0 amide bonds. The molecule has 0 bridgehead atoms. The number of aromatic nitrogens is 1. The summed E-state index contributed by atoms with van der Waals surface area (Å²) in [7, 11) is -4.52. The number of benzene rings is 1. The van der Waals surface area contributed by atoms with Crippen molar-refractivity contribution in [2.24, 2.45) is 0 Å². The highest BCUT2D eigenvalue weighted by molar-refractivity contribution is 7.81. The van der Waals surface area contributed by atoms with Crippen LogP contribution in [0.4, 0.5) is 0 Å². The topological polar surface area (TPSA) is 76.5 Å². The fraction of sp³-hybridized carbons (Fsp3) is 0.308.